The predicted molar refractivity (Wildman–Crippen MR) is 54.0 cm³/mol. The second-order valence-electron chi connectivity index (χ2n) is 4.81. The van der Waals surface area contributed by atoms with Gasteiger partial charge >= 0.3 is 0 Å². The van der Waals surface area contributed by atoms with E-state index in [4.69, 9.17) is 4.74 Å². The first-order chi connectivity index (χ1) is 7.03. The van der Waals surface area contributed by atoms with Crippen molar-refractivity contribution in [1.29, 1.82) is 0 Å². The average Bonchev–Trinajstić information content (AvgIpc) is 2.14. The number of imide groups is 1. The van der Waals surface area contributed by atoms with Gasteiger partial charge in [0.15, 0.2) is 0 Å². The molecule has 0 aromatic heterocycles. The highest BCUT2D eigenvalue weighted by atomic mass is 16.5. The second kappa shape index (κ2) is 3.59. The zero-order valence-electron chi connectivity index (χ0n) is 9.21. The Bertz CT molecular complexity index is 302. The van der Waals surface area contributed by atoms with Crippen molar-refractivity contribution in [3.05, 3.63) is 0 Å². The Balaban J connectivity index is 2.23. The lowest BCUT2D eigenvalue weighted by Crippen LogP contribution is -2.53. The fraction of sp³-hybridized carbons (Fsp3) is 0.818. The Morgan fingerprint density at radius 1 is 1.40 bits per heavy atom. The number of hydrogen-bond acceptors (Lipinski definition) is 3. The van der Waals surface area contributed by atoms with Crippen molar-refractivity contribution in [2.24, 2.45) is 11.3 Å². The normalized spacial score (nSPS) is 41.7. The Labute approximate surface area is 89.4 Å². The molecular weight excluding hydrogens is 194 g/mol. The van der Waals surface area contributed by atoms with E-state index in [0.717, 1.165) is 12.8 Å². The van der Waals surface area contributed by atoms with Gasteiger partial charge in [0.1, 0.15) is 0 Å². The number of carbonyl (C=O) groups excluding carboxylic acids is 2. The third-order valence-electron chi connectivity index (χ3n) is 3.78. The number of rotatable bonds is 0. The molecule has 2 saturated heterocycles. The molecule has 84 valence electrons. The van der Waals surface area contributed by atoms with Gasteiger partial charge in [-0.25, -0.2) is 0 Å². The van der Waals surface area contributed by atoms with Crippen LogP contribution in [-0.2, 0) is 14.3 Å². The summed E-state index contributed by atoms with van der Waals surface area (Å²) >= 11 is 0. The topological polar surface area (TPSA) is 55.4 Å². The third-order valence-corrected chi connectivity index (χ3v) is 3.78. The van der Waals surface area contributed by atoms with Crippen LogP contribution in [0.4, 0.5) is 0 Å². The summed E-state index contributed by atoms with van der Waals surface area (Å²) in [4.78, 5) is 23.0. The summed E-state index contributed by atoms with van der Waals surface area (Å²) in [5.74, 6) is -0.339. The lowest BCUT2D eigenvalue weighted by atomic mass is 9.65. The first kappa shape index (κ1) is 10.6. The molecule has 0 aromatic rings. The van der Waals surface area contributed by atoms with Crippen molar-refractivity contribution in [2.45, 2.75) is 39.2 Å². The van der Waals surface area contributed by atoms with Crippen LogP contribution in [0.15, 0.2) is 0 Å². The Hall–Kier alpha value is -0.900. The molecule has 1 N–H and O–H groups in total. The van der Waals surface area contributed by atoms with E-state index in [1.165, 1.54) is 0 Å². The van der Waals surface area contributed by atoms with E-state index in [-0.39, 0.29) is 29.3 Å². The molecule has 2 aliphatic heterocycles. The maximum Gasteiger partial charge on any atom is 0.229 e. The molecule has 3 atom stereocenters. The van der Waals surface area contributed by atoms with Crippen molar-refractivity contribution in [1.82, 2.24) is 5.32 Å². The van der Waals surface area contributed by atoms with Crippen molar-refractivity contribution < 1.29 is 14.3 Å². The highest BCUT2D eigenvalue weighted by Gasteiger charge is 2.48. The number of piperidine rings is 1. The van der Waals surface area contributed by atoms with Crippen LogP contribution in [0.5, 0.6) is 0 Å². The summed E-state index contributed by atoms with van der Waals surface area (Å²) < 4.78 is 5.48. The van der Waals surface area contributed by atoms with Crippen LogP contribution in [0.25, 0.3) is 0 Å². The molecule has 0 aromatic carbocycles. The summed E-state index contributed by atoms with van der Waals surface area (Å²) in [6.45, 7) is 4.58. The third kappa shape index (κ3) is 1.78. The van der Waals surface area contributed by atoms with Crippen LogP contribution in [-0.4, -0.2) is 24.5 Å². The summed E-state index contributed by atoms with van der Waals surface area (Å²) in [6.07, 6.45) is 2.25. The van der Waals surface area contributed by atoms with Gasteiger partial charge in [-0.2, -0.15) is 0 Å². The van der Waals surface area contributed by atoms with E-state index in [2.05, 4.69) is 5.32 Å². The molecule has 0 saturated carbocycles. The second-order valence-corrected chi connectivity index (χ2v) is 4.81. The van der Waals surface area contributed by atoms with E-state index in [9.17, 15) is 9.59 Å². The molecule has 15 heavy (non-hydrogen) atoms. The molecule has 2 rings (SSSR count). The van der Waals surface area contributed by atoms with E-state index < -0.39 is 0 Å². The maximum absolute atomic E-state index is 11.6. The SMILES string of the molecule is CC1CC2(CCO1)CC(=O)NC(=O)C2C. The molecule has 2 aliphatic rings. The van der Waals surface area contributed by atoms with Gasteiger partial charge in [-0.1, -0.05) is 6.92 Å². The summed E-state index contributed by atoms with van der Waals surface area (Å²) in [7, 11) is 0. The molecule has 0 aliphatic carbocycles. The smallest absolute Gasteiger partial charge is 0.229 e. The predicted octanol–water partition coefficient (Wildman–Crippen LogP) is 0.854. The van der Waals surface area contributed by atoms with Crippen molar-refractivity contribution in [2.75, 3.05) is 6.61 Å². The number of ether oxygens (including phenoxy) is 1. The maximum atomic E-state index is 11.6. The first-order valence-electron chi connectivity index (χ1n) is 5.49. The summed E-state index contributed by atoms with van der Waals surface area (Å²) in [5.41, 5.74) is -0.156. The Kier molecular flexibility index (Phi) is 2.54. The van der Waals surface area contributed by atoms with Gasteiger partial charge in [0, 0.05) is 18.9 Å². The zero-order valence-corrected chi connectivity index (χ0v) is 9.21. The zero-order chi connectivity index (χ0) is 11.1. The van der Waals surface area contributed by atoms with Crippen molar-refractivity contribution in [3.8, 4) is 0 Å². The van der Waals surface area contributed by atoms with Gasteiger partial charge in [-0.15, -0.1) is 0 Å². The number of nitrogens with one attached hydrogen (secondary N) is 1. The molecule has 2 amide bonds. The lowest BCUT2D eigenvalue weighted by molar-refractivity contribution is -0.150. The van der Waals surface area contributed by atoms with Gasteiger partial charge in [-0.05, 0) is 25.2 Å². The van der Waals surface area contributed by atoms with Crippen LogP contribution in [0.1, 0.15) is 33.1 Å². The fourth-order valence-corrected chi connectivity index (χ4v) is 2.79. The fourth-order valence-electron chi connectivity index (χ4n) is 2.79. The molecule has 1 spiro atoms. The molecule has 2 heterocycles. The number of amides is 2. The monoisotopic (exact) mass is 211 g/mol. The van der Waals surface area contributed by atoms with Gasteiger partial charge in [0.2, 0.25) is 11.8 Å². The van der Waals surface area contributed by atoms with E-state index in [1.807, 2.05) is 13.8 Å². The Morgan fingerprint density at radius 2 is 2.13 bits per heavy atom. The Morgan fingerprint density at radius 3 is 2.80 bits per heavy atom. The highest BCUT2D eigenvalue weighted by molar-refractivity contribution is 5.99. The highest BCUT2D eigenvalue weighted by Crippen LogP contribution is 2.45. The molecule has 0 radical (unpaired) electrons. The minimum Gasteiger partial charge on any atom is -0.378 e. The molecule has 2 fully saturated rings. The standard InChI is InChI=1S/C11H17NO3/c1-7-5-11(3-4-15-7)6-9(13)12-10(14)8(11)2/h7-8H,3-6H2,1-2H3,(H,12,13,14). The van der Waals surface area contributed by atoms with E-state index in [0.29, 0.717) is 13.0 Å². The molecule has 4 heteroatoms. The minimum atomic E-state index is -0.156. The molecule has 3 unspecified atom stereocenters. The van der Waals surface area contributed by atoms with Gasteiger partial charge in [0.05, 0.1) is 6.10 Å². The van der Waals surface area contributed by atoms with Gasteiger partial charge < -0.3 is 4.74 Å². The number of hydrogen-bond donors (Lipinski definition) is 1. The van der Waals surface area contributed by atoms with E-state index >= 15 is 0 Å². The molecular formula is C11H17NO3. The largest absolute Gasteiger partial charge is 0.378 e. The van der Waals surface area contributed by atoms with Gasteiger partial charge in [0.25, 0.3) is 0 Å². The van der Waals surface area contributed by atoms with Crippen LogP contribution in [0.3, 0.4) is 0 Å². The van der Waals surface area contributed by atoms with Gasteiger partial charge in [-0.3, -0.25) is 14.9 Å². The lowest BCUT2D eigenvalue weighted by Gasteiger charge is -2.45. The molecule has 4 nitrogen and oxygen atoms in total. The van der Waals surface area contributed by atoms with Crippen molar-refractivity contribution in [3.63, 3.8) is 0 Å². The molecule has 0 bridgehead atoms. The van der Waals surface area contributed by atoms with Crippen LogP contribution < -0.4 is 5.32 Å². The van der Waals surface area contributed by atoms with Crippen molar-refractivity contribution >= 4 is 11.8 Å². The quantitative estimate of drug-likeness (QED) is 0.604. The van der Waals surface area contributed by atoms with Crippen LogP contribution >= 0.6 is 0 Å². The average molecular weight is 211 g/mol. The minimum absolute atomic E-state index is 0.0819. The van der Waals surface area contributed by atoms with Crippen LogP contribution in [0.2, 0.25) is 0 Å². The van der Waals surface area contributed by atoms with E-state index in [1.54, 1.807) is 0 Å². The van der Waals surface area contributed by atoms with Crippen LogP contribution in [0, 0.1) is 11.3 Å². The number of carbonyl (C=O) groups is 2. The first-order valence-corrected chi connectivity index (χ1v) is 5.49. The summed E-state index contributed by atoms with van der Waals surface area (Å²) in [6, 6.07) is 0. The summed E-state index contributed by atoms with van der Waals surface area (Å²) in [5, 5.41) is 2.40.